The van der Waals surface area contributed by atoms with Gasteiger partial charge in [-0.05, 0) is 26.7 Å². The molecule has 4 rings (SSSR count). The van der Waals surface area contributed by atoms with Gasteiger partial charge in [0.1, 0.15) is 85.5 Å². The summed E-state index contributed by atoms with van der Waals surface area (Å²) < 4.78 is 60.0. The Morgan fingerprint density at radius 3 is 1.53 bits per heavy atom. The highest BCUT2D eigenvalue weighted by atomic mass is 19.1. The fourth-order valence-electron chi connectivity index (χ4n) is 7.96. The van der Waals surface area contributed by atoms with E-state index in [1.54, 1.807) is 6.92 Å². The van der Waals surface area contributed by atoms with Crippen LogP contribution >= 0.6 is 0 Å². The van der Waals surface area contributed by atoms with Gasteiger partial charge in [0.05, 0.1) is 58.8 Å². The third kappa shape index (κ3) is 17.8. The summed E-state index contributed by atoms with van der Waals surface area (Å²) in [7, 11) is 0. The maximum atomic E-state index is 16.2. The maximum Gasteiger partial charge on any atom is 0.234 e. The zero-order chi connectivity index (χ0) is 53.2. The molecule has 4 heterocycles. The van der Waals surface area contributed by atoms with Crippen molar-refractivity contribution in [3.8, 4) is 0 Å². The smallest absolute Gasteiger partial charge is 0.234 e. The molecule has 0 aromatic heterocycles. The van der Waals surface area contributed by atoms with E-state index in [0.717, 1.165) is 0 Å². The van der Waals surface area contributed by atoms with Crippen LogP contribution in [-0.4, -0.2) is 292 Å². The molecular formula is C42H74FN5O24. The minimum absolute atomic E-state index is 0.0890. The van der Waals surface area contributed by atoms with E-state index in [4.69, 9.17) is 37.9 Å². The van der Waals surface area contributed by atoms with Crippen molar-refractivity contribution in [3.05, 3.63) is 0 Å². The SMILES string of the molecule is CCNC(=O)CCCCCNC(=O)CN(CC(=O)NCCO[C@@H]1O[C@@H](C)[C@@H](O)[C@@H](O)[C@@H]1O)CC(=O)NCCO[C@@H]1O[C@H](CO[C@H]2O[C@H](CO)[C@@H](O)[C@H](O)[C@@H]2O)[C@@H](O)[C@H](O[C@H]2O[C@H](CO)[C@@H](O)[C@H](O)[C@@H]2O)[C@H]1F. The van der Waals surface area contributed by atoms with E-state index in [1.165, 1.54) is 11.8 Å². The lowest BCUT2D eigenvalue weighted by Crippen LogP contribution is -2.64. The first-order chi connectivity index (χ1) is 34.2. The van der Waals surface area contributed by atoms with Gasteiger partial charge in [0.25, 0.3) is 0 Å². The van der Waals surface area contributed by atoms with E-state index in [9.17, 15) is 80.5 Å². The summed E-state index contributed by atoms with van der Waals surface area (Å²) in [5, 5.41) is 133. The monoisotopic (exact) mass is 1050 g/mol. The molecule has 20 atom stereocenters. The van der Waals surface area contributed by atoms with Crippen molar-refractivity contribution in [2.24, 2.45) is 0 Å². The number of rotatable bonds is 28. The fraction of sp³-hybridized carbons (Fsp3) is 0.905. The molecule has 16 N–H and O–H groups in total. The number of unbranched alkanes of at least 4 members (excludes halogenated alkanes) is 2. The standard InChI is InChI=1S/C42H74FN5O24/c1-3-44-23(51)7-5-4-6-8-45-24(52)13-48(15-26(54)47-10-12-66-40-35(62)32(59)28(55)19(2)68-40)14-25(53)46-9-11-65-39-27(43)38(72-42-37(64)34(61)30(57)21(17-50)70-42)31(58)22(71-39)18-67-41-36(63)33(60)29(56)20(16-49)69-41/h19-22,27-42,49-50,55-64H,3-18H2,1-2H3,(H,44,51)(H,45,52)(H,46,53)(H,47,54)/t19-,20+,21+,22+,27+,28+,29+,30+,31+,32+,33-,34-,35-,36-,37-,38+,39+,40+,41-,42+/m0/s1. The maximum absolute atomic E-state index is 16.2. The average molecular weight is 1050 g/mol. The third-order valence-corrected chi connectivity index (χ3v) is 12.1. The first kappa shape index (κ1) is 61.5. The van der Waals surface area contributed by atoms with Gasteiger partial charge in [-0.1, -0.05) is 6.42 Å². The third-order valence-electron chi connectivity index (χ3n) is 12.1. The van der Waals surface area contributed by atoms with E-state index in [2.05, 4.69) is 21.3 Å². The van der Waals surface area contributed by atoms with Crippen LogP contribution in [0, 0.1) is 0 Å². The van der Waals surface area contributed by atoms with Crippen LogP contribution in [0.25, 0.3) is 0 Å². The summed E-state index contributed by atoms with van der Waals surface area (Å²) in [5.74, 6) is -2.02. The quantitative estimate of drug-likeness (QED) is 0.0324. The second-order valence-electron chi connectivity index (χ2n) is 17.7. The Kier molecular flexibility index (Phi) is 26.1. The largest absolute Gasteiger partial charge is 0.394 e. The predicted octanol–water partition coefficient (Wildman–Crippen LogP) is -9.38. The highest BCUT2D eigenvalue weighted by molar-refractivity contribution is 5.84. The molecule has 30 heteroatoms. The molecule has 0 aliphatic carbocycles. The lowest BCUT2D eigenvalue weighted by Gasteiger charge is -2.46. The van der Waals surface area contributed by atoms with Crippen molar-refractivity contribution < 1.29 is 123 Å². The Bertz CT molecular complexity index is 1650. The van der Waals surface area contributed by atoms with Gasteiger partial charge in [0.2, 0.25) is 23.6 Å². The summed E-state index contributed by atoms with van der Waals surface area (Å²) >= 11 is 0. The Balaban J connectivity index is 1.36. The second-order valence-corrected chi connectivity index (χ2v) is 17.7. The number of alkyl halides is 1. The van der Waals surface area contributed by atoms with Gasteiger partial charge < -0.3 is 120 Å². The van der Waals surface area contributed by atoms with E-state index in [-0.39, 0.29) is 32.1 Å². The fourth-order valence-corrected chi connectivity index (χ4v) is 7.96. The number of nitrogens with zero attached hydrogens (tertiary/aromatic N) is 1. The number of carbonyl (C=O) groups excluding carboxylic acids is 4. The number of hydrogen-bond acceptors (Lipinski definition) is 25. The van der Waals surface area contributed by atoms with Crippen molar-refractivity contribution in [1.82, 2.24) is 26.2 Å². The van der Waals surface area contributed by atoms with Crippen LogP contribution in [0.2, 0.25) is 0 Å². The van der Waals surface area contributed by atoms with Crippen LogP contribution in [0.3, 0.4) is 0 Å². The summed E-state index contributed by atoms with van der Waals surface area (Å²) in [6, 6.07) is 0. The van der Waals surface area contributed by atoms with E-state index in [0.29, 0.717) is 32.2 Å². The lowest BCUT2D eigenvalue weighted by molar-refractivity contribution is -0.359. The number of carbonyl (C=O) groups is 4. The molecule has 4 aliphatic rings. The molecule has 0 aromatic carbocycles. The zero-order valence-corrected chi connectivity index (χ0v) is 40.0. The summed E-state index contributed by atoms with van der Waals surface area (Å²) in [6.45, 7) is -1.08. The Hall–Kier alpha value is -3.03. The molecule has 4 amide bonds. The van der Waals surface area contributed by atoms with Gasteiger partial charge in [-0.25, -0.2) is 4.39 Å². The molecule has 4 saturated heterocycles. The van der Waals surface area contributed by atoms with Crippen LogP contribution in [0.15, 0.2) is 0 Å². The number of halogens is 1. The molecule has 0 radical (unpaired) electrons. The van der Waals surface area contributed by atoms with Crippen molar-refractivity contribution in [3.63, 3.8) is 0 Å². The first-order valence-corrected chi connectivity index (χ1v) is 23.8. The first-order valence-electron chi connectivity index (χ1n) is 23.8. The molecule has 29 nitrogen and oxygen atoms in total. The topological polar surface area (TPSA) is 436 Å². The van der Waals surface area contributed by atoms with Crippen molar-refractivity contribution in [2.75, 3.05) is 78.8 Å². The Morgan fingerprint density at radius 1 is 0.514 bits per heavy atom. The molecular weight excluding hydrogens is 977 g/mol. The second kappa shape index (κ2) is 30.5. The molecule has 0 unspecified atom stereocenters. The Morgan fingerprint density at radius 2 is 0.986 bits per heavy atom. The number of nitrogens with one attached hydrogen (secondary N) is 4. The number of aliphatic hydroxyl groups excluding tert-OH is 12. The van der Waals surface area contributed by atoms with Crippen molar-refractivity contribution in [2.45, 2.75) is 162 Å². The van der Waals surface area contributed by atoms with Crippen LogP contribution in [0.4, 0.5) is 4.39 Å². The molecule has 418 valence electrons. The molecule has 4 aliphatic heterocycles. The van der Waals surface area contributed by atoms with E-state index in [1.807, 2.05) is 0 Å². The van der Waals surface area contributed by atoms with Gasteiger partial charge >= 0.3 is 0 Å². The molecule has 0 spiro atoms. The number of aliphatic hydroxyl groups is 12. The molecule has 4 fully saturated rings. The normalized spacial score (nSPS) is 37.2. The van der Waals surface area contributed by atoms with E-state index >= 15 is 4.39 Å². The highest BCUT2D eigenvalue weighted by Crippen LogP contribution is 2.32. The number of ether oxygens (including phenoxy) is 8. The Labute approximate surface area is 413 Å². The molecule has 0 saturated carbocycles. The minimum Gasteiger partial charge on any atom is -0.394 e. The predicted molar refractivity (Wildman–Crippen MR) is 235 cm³/mol. The minimum atomic E-state index is -2.44. The summed E-state index contributed by atoms with van der Waals surface area (Å²) in [5.41, 5.74) is 0. The highest BCUT2D eigenvalue weighted by Gasteiger charge is 2.53. The van der Waals surface area contributed by atoms with Crippen LogP contribution in [-0.2, 0) is 57.1 Å². The lowest BCUT2D eigenvalue weighted by atomic mass is 9.97. The average Bonchev–Trinajstić information content (AvgIpc) is 3.34. The number of hydrogen-bond donors (Lipinski definition) is 16. The molecule has 0 bridgehead atoms. The van der Waals surface area contributed by atoms with Gasteiger partial charge in [-0.3, -0.25) is 24.1 Å². The van der Waals surface area contributed by atoms with Crippen molar-refractivity contribution >= 4 is 23.6 Å². The van der Waals surface area contributed by atoms with Crippen molar-refractivity contribution in [1.29, 1.82) is 0 Å². The van der Waals surface area contributed by atoms with Crippen LogP contribution in [0.5, 0.6) is 0 Å². The zero-order valence-electron chi connectivity index (χ0n) is 40.0. The van der Waals surface area contributed by atoms with Gasteiger partial charge in [0.15, 0.2) is 31.3 Å². The molecule has 0 aromatic rings. The van der Waals surface area contributed by atoms with Gasteiger partial charge in [0, 0.05) is 32.6 Å². The van der Waals surface area contributed by atoms with E-state index < -0.39 is 187 Å². The summed E-state index contributed by atoms with van der Waals surface area (Å²) in [4.78, 5) is 52.1. The van der Waals surface area contributed by atoms with Gasteiger partial charge in [-0.2, -0.15) is 0 Å². The van der Waals surface area contributed by atoms with Crippen LogP contribution < -0.4 is 21.3 Å². The summed E-state index contributed by atoms with van der Waals surface area (Å²) in [6.07, 6.45) is -32.5. The van der Waals surface area contributed by atoms with Gasteiger partial charge in [-0.15, -0.1) is 0 Å². The molecule has 72 heavy (non-hydrogen) atoms. The van der Waals surface area contributed by atoms with Crippen LogP contribution in [0.1, 0.15) is 39.5 Å². The number of amides is 4.